The third kappa shape index (κ3) is 6.91. The number of halogens is 1. The molecule has 1 aromatic carbocycles. The van der Waals surface area contributed by atoms with Gasteiger partial charge in [-0.15, -0.1) is 45.5 Å². The van der Waals surface area contributed by atoms with Crippen LogP contribution in [0.2, 0.25) is 0 Å². The van der Waals surface area contributed by atoms with Crippen molar-refractivity contribution >= 4 is 41.3 Å². The number of aliphatic hydroxyl groups is 1. The molecule has 1 atom stereocenters. The highest BCUT2D eigenvalue weighted by Gasteiger charge is 2.24. The van der Waals surface area contributed by atoms with Gasteiger partial charge in [-0.25, -0.2) is 4.99 Å². The van der Waals surface area contributed by atoms with E-state index < -0.39 is 5.60 Å². The van der Waals surface area contributed by atoms with Gasteiger partial charge in [0.1, 0.15) is 17.2 Å². The van der Waals surface area contributed by atoms with Crippen LogP contribution in [0.4, 0.5) is 0 Å². The molecule has 0 bridgehead atoms. The third-order valence-corrected chi connectivity index (χ3v) is 5.95. The van der Waals surface area contributed by atoms with E-state index in [9.17, 15) is 5.11 Å². The number of ether oxygens (including phenoxy) is 1. The van der Waals surface area contributed by atoms with Gasteiger partial charge in [0.15, 0.2) is 11.8 Å². The molecule has 3 N–H and O–H groups in total. The predicted octanol–water partition coefficient (Wildman–Crippen LogP) is 2.95. The number of rotatable bonds is 8. The van der Waals surface area contributed by atoms with E-state index in [1.165, 1.54) is 11.3 Å². The number of aromatic nitrogens is 3. The molecule has 8 nitrogen and oxygen atoms in total. The highest BCUT2D eigenvalue weighted by molar-refractivity contribution is 14.0. The van der Waals surface area contributed by atoms with Gasteiger partial charge in [0.25, 0.3) is 0 Å². The Morgan fingerprint density at radius 1 is 1.23 bits per heavy atom. The first-order chi connectivity index (χ1) is 14.4. The van der Waals surface area contributed by atoms with Crippen LogP contribution in [0.1, 0.15) is 29.0 Å². The number of benzene rings is 1. The van der Waals surface area contributed by atoms with Crippen molar-refractivity contribution in [2.45, 2.75) is 32.5 Å². The lowest BCUT2D eigenvalue weighted by Crippen LogP contribution is -2.44. The van der Waals surface area contributed by atoms with Gasteiger partial charge in [-0.05, 0) is 43.0 Å². The van der Waals surface area contributed by atoms with E-state index in [4.69, 9.17) is 4.74 Å². The van der Waals surface area contributed by atoms with E-state index in [2.05, 4.69) is 25.8 Å². The number of thiophene rings is 1. The fraction of sp³-hybridized carbons (Fsp3) is 0.381. The van der Waals surface area contributed by atoms with E-state index in [-0.39, 0.29) is 24.0 Å². The maximum absolute atomic E-state index is 10.8. The largest absolute Gasteiger partial charge is 0.497 e. The third-order valence-electron chi connectivity index (χ3n) is 4.83. The summed E-state index contributed by atoms with van der Waals surface area (Å²) in [5.41, 5.74) is 0.0504. The average molecular weight is 556 g/mol. The number of aryl methyl sites for hydroxylation is 1. The zero-order chi connectivity index (χ0) is 21.6. The number of guanidine groups is 1. The molecule has 3 rings (SSSR count). The van der Waals surface area contributed by atoms with Gasteiger partial charge >= 0.3 is 0 Å². The van der Waals surface area contributed by atoms with Crippen LogP contribution in [0, 0.1) is 6.92 Å². The fourth-order valence-electron chi connectivity index (χ4n) is 2.77. The molecule has 2 aromatic heterocycles. The van der Waals surface area contributed by atoms with E-state index in [0.717, 1.165) is 27.8 Å². The Balaban J connectivity index is 0.00000341. The molecular weight excluding hydrogens is 527 g/mol. The van der Waals surface area contributed by atoms with Crippen LogP contribution < -0.4 is 15.4 Å². The molecular formula is C21H29IN6O2S. The number of hydrogen-bond donors (Lipinski definition) is 3. The van der Waals surface area contributed by atoms with Crippen molar-refractivity contribution in [3.05, 3.63) is 63.9 Å². The maximum atomic E-state index is 10.8. The first-order valence-electron chi connectivity index (χ1n) is 9.65. The molecule has 0 fully saturated rings. The number of aliphatic imine (C=N–C) groups is 1. The quantitative estimate of drug-likeness (QED) is 0.224. The highest BCUT2D eigenvalue weighted by Crippen LogP contribution is 2.24. The summed E-state index contributed by atoms with van der Waals surface area (Å²) in [4.78, 5) is 5.57. The lowest BCUT2D eigenvalue weighted by atomic mass is 10.1. The van der Waals surface area contributed by atoms with Crippen molar-refractivity contribution in [1.29, 1.82) is 0 Å². The van der Waals surface area contributed by atoms with Crippen LogP contribution in [0.15, 0.2) is 46.8 Å². The van der Waals surface area contributed by atoms with Crippen molar-refractivity contribution in [3.8, 4) is 5.75 Å². The van der Waals surface area contributed by atoms with Crippen LogP contribution in [-0.4, -0.2) is 39.5 Å². The normalized spacial score (nSPS) is 13.3. The topological polar surface area (TPSA) is 96.6 Å². The zero-order valence-corrected chi connectivity index (χ0v) is 21.3. The number of nitrogens with one attached hydrogen (secondary N) is 2. The van der Waals surface area contributed by atoms with Gasteiger partial charge in [0.05, 0.1) is 26.7 Å². The van der Waals surface area contributed by atoms with Crippen LogP contribution in [0.3, 0.4) is 0 Å². The SMILES string of the molecule is COc1ccc(CN=C(NCc2nnc(C)n2C)NCC(C)(O)c2cccs2)cc1.I. The van der Waals surface area contributed by atoms with Gasteiger partial charge in [0.2, 0.25) is 0 Å². The number of hydrogen-bond acceptors (Lipinski definition) is 6. The van der Waals surface area contributed by atoms with E-state index in [1.54, 1.807) is 14.0 Å². The van der Waals surface area contributed by atoms with Gasteiger partial charge in [-0.1, -0.05) is 18.2 Å². The van der Waals surface area contributed by atoms with Gasteiger partial charge in [-0.3, -0.25) is 0 Å². The standard InChI is InChI=1S/C21H28N6O2S.HI/c1-15-25-26-19(27(15)3)13-23-20(22-12-16-7-9-17(29-4)10-8-16)24-14-21(2,28)18-6-5-11-30-18;/h5-11,28H,12-14H2,1-4H3,(H2,22,23,24);1H. The second kappa shape index (κ2) is 11.4. The summed E-state index contributed by atoms with van der Waals surface area (Å²) >= 11 is 1.53. The number of nitrogens with zero attached hydrogens (tertiary/aromatic N) is 4. The molecule has 0 amide bonds. The van der Waals surface area contributed by atoms with E-state index >= 15 is 0 Å². The molecule has 0 aliphatic heterocycles. The number of methoxy groups -OCH3 is 1. The fourth-order valence-corrected chi connectivity index (χ4v) is 3.56. The minimum atomic E-state index is -1.00. The smallest absolute Gasteiger partial charge is 0.192 e. The molecule has 1 unspecified atom stereocenters. The zero-order valence-electron chi connectivity index (χ0n) is 18.1. The lowest BCUT2D eigenvalue weighted by molar-refractivity contribution is 0.0655. The highest BCUT2D eigenvalue weighted by atomic mass is 127. The Bertz CT molecular complexity index is 970. The lowest BCUT2D eigenvalue weighted by Gasteiger charge is -2.24. The summed E-state index contributed by atoms with van der Waals surface area (Å²) in [5, 5.41) is 27.6. The van der Waals surface area contributed by atoms with Crippen molar-refractivity contribution < 1.29 is 9.84 Å². The summed E-state index contributed by atoms with van der Waals surface area (Å²) in [6.07, 6.45) is 0. The molecule has 0 radical (unpaired) electrons. The minimum Gasteiger partial charge on any atom is -0.497 e. The summed E-state index contributed by atoms with van der Waals surface area (Å²) in [6.45, 7) is 4.97. The van der Waals surface area contributed by atoms with Crippen LogP contribution in [0.5, 0.6) is 5.75 Å². The summed E-state index contributed by atoms with van der Waals surface area (Å²) in [6, 6.07) is 11.6. The van der Waals surface area contributed by atoms with Gasteiger partial charge in [-0.2, -0.15) is 0 Å². The van der Waals surface area contributed by atoms with Crippen LogP contribution in [0.25, 0.3) is 0 Å². The van der Waals surface area contributed by atoms with Crippen molar-refractivity contribution in [3.63, 3.8) is 0 Å². The molecule has 31 heavy (non-hydrogen) atoms. The maximum Gasteiger partial charge on any atom is 0.192 e. The monoisotopic (exact) mass is 556 g/mol. The Kier molecular flexibility index (Phi) is 9.26. The summed E-state index contributed by atoms with van der Waals surface area (Å²) in [5.74, 6) is 3.04. The molecule has 0 saturated heterocycles. The Morgan fingerprint density at radius 2 is 1.97 bits per heavy atom. The minimum absolute atomic E-state index is 0. The van der Waals surface area contributed by atoms with Crippen molar-refractivity contribution in [2.75, 3.05) is 13.7 Å². The second-order valence-electron chi connectivity index (χ2n) is 7.19. The Labute approximate surface area is 203 Å². The first-order valence-corrected chi connectivity index (χ1v) is 10.5. The second-order valence-corrected chi connectivity index (χ2v) is 8.14. The van der Waals surface area contributed by atoms with Gasteiger partial charge < -0.3 is 25.0 Å². The van der Waals surface area contributed by atoms with Crippen molar-refractivity contribution in [1.82, 2.24) is 25.4 Å². The Morgan fingerprint density at radius 3 is 2.55 bits per heavy atom. The molecule has 0 spiro atoms. The predicted molar refractivity (Wildman–Crippen MR) is 134 cm³/mol. The van der Waals surface area contributed by atoms with Gasteiger partial charge in [0, 0.05) is 11.9 Å². The molecule has 3 aromatic rings. The van der Waals surface area contributed by atoms with Crippen LogP contribution >= 0.6 is 35.3 Å². The first kappa shape index (κ1) is 25.1. The summed E-state index contributed by atoms with van der Waals surface area (Å²) in [7, 11) is 3.57. The van der Waals surface area contributed by atoms with Crippen molar-refractivity contribution in [2.24, 2.45) is 12.0 Å². The molecule has 0 aliphatic rings. The Hall–Kier alpha value is -2.18. The molecule has 10 heteroatoms. The van der Waals surface area contributed by atoms with E-state index in [1.807, 2.05) is 60.3 Å². The summed E-state index contributed by atoms with van der Waals surface area (Å²) < 4.78 is 7.13. The average Bonchev–Trinajstić information content (AvgIpc) is 3.40. The molecule has 0 saturated carbocycles. The van der Waals surface area contributed by atoms with E-state index in [0.29, 0.717) is 25.6 Å². The van der Waals surface area contributed by atoms with Crippen LogP contribution in [-0.2, 0) is 25.7 Å². The molecule has 2 heterocycles. The molecule has 0 aliphatic carbocycles. The molecule has 168 valence electrons.